The number of benzene rings is 4. The van der Waals surface area contributed by atoms with Gasteiger partial charge in [0.1, 0.15) is 48.5 Å². The van der Waals surface area contributed by atoms with E-state index in [9.17, 15) is 24.2 Å². The minimum atomic E-state index is -0.943. The number of rotatable bonds is 16. The molecule has 0 bridgehead atoms. The quantitative estimate of drug-likeness (QED) is 0.0781. The van der Waals surface area contributed by atoms with Gasteiger partial charge in [-0.15, -0.1) is 22.7 Å². The lowest BCUT2D eigenvalue weighted by molar-refractivity contribution is 0.0931. The van der Waals surface area contributed by atoms with Gasteiger partial charge >= 0.3 is 0 Å². The predicted molar refractivity (Wildman–Crippen MR) is 266 cm³/mol. The van der Waals surface area contributed by atoms with Gasteiger partial charge in [0.05, 0.1) is 66.0 Å². The molecule has 16 heteroatoms. The molecule has 2 unspecified atom stereocenters. The summed E-state index contributed by atoms with van der Waals surface area (Å²) < 4.78 is 49.1. The number of aryl methyl sites for hydroxylation is 1. The van der Waals surface area contributed by atoms with Crippen molar-refractivity contribution in [1.82, 2.24) is 9.97 Å². The Balaban J connectivity index is 0.000000174. The summed E-state index contributed by atoms with van der Waals surface area (Å²) in [6, 6.07) is 28.2. The van der Waals surface area contributed by atoms with E-state index < -0.39 is 12.2 Å². The molecule has 360 valence electrons. The Bertz CT molecular complexity index is 3260. The molecule has 2 atom stereocenters. The lowest BCUT2D eigenvalue weighted by Crippen LogP contribution is -2.09. The second-order valence-electron chi connectivity index (χ2n) is 16.6. The first kappa shape index (κ1) is 48.1. The van der Waals surface area contributed by atoms with Gasteiger partial charge < -0.3 is 43.7 Å². The van der Waals surface area contributed by atoms with Gasteiger partial charge in [0.2, 0.25) is 0 Å². The van der Waals surface area contributed by atoms with Crippen molar-refractivity contribution >= 4 is 54.4 Å². The summed E-state index contributed by atoms with van der Waals surface area (Å²) in [5.41, 5.74) is 6.34. The minimum absolute atomic E-state index is 0.117. The van der Waals surface area contributed by atoms with Crippen LogP contribution in [-0.2, 0) is 13.2 Å². The highest BCUT2D eigenvalue weighted by Gasteiger charge is 2.28. The molecule has 13 nitrogen and oxygen atoms in total. The van der Waals surface area contributed by atoms with E-state index in [1.165, 1.54) is 49.0 Å². The minimum Gasteiger partial charge on any atom is -0.493 e. The van der Waals surface area contributed by atoms with Crippen molar-refractivity contribution in [3.05, 3.63) is 141 Å². The van der Waals surface area contributed by atoms with Crippen molar-refractivity contribution in [1.29, 1.82) is 0 Å². The molecule has 70 heavy (non-hydrogen) atoms. The van der Waals surface area contributed by atoms with Crippen LogP contribution in [0, 0.1) is 12.7 Å². The molecule has 0 radical (unpaired) electrons. The number of ketones is 2. The number of carbonyl (C=O) groups is 2. The fourth-order valence-corrected chi connectivity index (χ4v) is 10.9. The summed E-state index contributed by atoms with van der Waals surface area (Å²) in [6.07, 6.45) is -1.14. The molecule has 10 rings (SSSR count). The average molecular weight is 985 g/mol. The molecule has 0 aliphatic carbocycles. The van der Waals surface area contributed by atoms with Gasteiger partial charge in [-0.1, -0.05) is 30.3 Å². The van der Waals surface area contributed by atoms with Crippen LogP contribution in [0.5, 0.6) is 34.5 Å². The Kier molecular flexibility index (Phi) is 14.4. The summed E-state index contributed by atoms with van der Waals surface area (Å²) in [4.78, 5) is 37.0. The third-order valence-corrected chi connectivity index (χ3v) is 14.7. The van der Waals surface area contributed by atoms with Crippen LogP contribution in [0.1, 0.15) is 85.3 Å². The number of Topliss-reactive ketones (excluding diaryl/α,β-unsaturated/α-hetero) is 2. The molecule has 0 spiro atoms. The number of hydrogen-bond donors (Lipinski definition) is 3. The summed E-state index contributed by atoms with van der Waals surface area (Å²) in [6.45, 7) is 2.98. The van der Waals surface area contributed by atoms with E-state index in [-0.39, 0.29) is 56.3 Å². The SMILES string of the molecule is COc1cc(C(=O)CCC(O)c2ccc3c(n2)-c2c(sc4c(C)cccc24)CO3)ccc1OCCO.COc1ccc(C(=O)CCC(O)c2ccc3c(n2)-c2c(sc4c(F)cccc24)CO3)cc1OC. The Hall–Kier alpha value is -6.95. The molecule has 4 aromatic heterocycles. The smallest absolute Gasteiger partial charge is 0.163 e. The zero-order valence-corrected chi connectivity index (χ0v) is 40.4. The number of halogens is 1. The van der Waals surface area contributed by atoms with Gasteiger partial charge in [-0.3, -0.25) is 9.59 Å². The molecule has 0 amide bonds. The number of nitrogens with zero attached hydrogens (tertiary/aromatic N) is 2. The van der Waals surface area contributed by atoms with Gasteiger partial charge in [-0.25, -0.2) is 14.4 Å². The second kappa shape index (κ2) is 21.0. The van der Waals surface area contributed by atoms with Crippen LogP contribution in [0.15, 0.2) is 97.1 Å². The van der Waals surface area contributed by atoms with E-state index in [2.05, 4.69) is 24.0 Å². The highest BCUT2D eigenvalue weighted by atomic mass is 32.1. The van der Waals surface area contributed by atoms with Crippen LogP contribution < -0.4 is 28.4 Å². The van der Waals surface area contributed by atoms with E-state index >= 15 is 0 Å². The number of fused-ring (bicyclic) bond motifs is 10. The molecular weight excluding hydrogens is 936 g/mol. The van der Waals surface area contributed by atoms with E-state index in [0.717, 1.165) is 37.3 Å². The molecule has 3 N–H and O–H groups in total. The molecule has 0 saturated carbocycles. The van der Waals surface area contributed by atoms with Gasteiger partial charge in [0.15, 0.2) is 34.6 Å². The average Bonchev–Trinajstić information content (AvgIpc) is 3.99. The number of hydrogen-bond acceptors (Lipinski definition) is 15. The maximum absolute atomic E-state index is 14.3. The highest BCUT2D eigenvalue weighted by Crippen LogP contribution is 2.48. The number of aromatic nitrogens is 2. The van der Waals surface area contributed by atoms with Gasteiger partial charge in [0.25, 0.3) is 0 Å². The summed E-state index contributed by atoms with van der Waals surface area (Å²) in [7, 11) is 4.54. The lowest BCUT2D eigenvalue weighted by Gasteiger charge is -2.19. The Morgan fingerprint density at radius 3 is 1.70 bits per heavy atom. The fraction of sp³-hybridized carbons (Fsp3) is 0.259. The first-order valence-electron chi connectivity index (χ1n) is 22.5. The molecule has 6 heterocycles. The van der Waals surface area contributed by atoms with Gasteiger partial charge in [-0.2, -0.15) is 0 Å². The number of carbonyl (C=O) groups excluding carboxylic acids is 2. The zero-order valence-electron chi connectivity index (χ0n) is 38.7. The topological polar surface area (TPSA) is 176 Å². The Morgan fingerprint density at radius 1 is 0.657 bits per heavy atom. The van der Waals surface area contributed by atoms with Gasteiger partial charge in [-0.05, 0) is 92.1 Å². The van der Waals surface area contributed by atoms with Crippen molar-refractivity contribution in [2.75, 3.05) is 34.5 Å². The monoisotopic (exact) mass is 984 g/mol. The number of thiophene rings is 2. The molecule has 2 aliphatic heterocycles. The third-order valence-electron chi connectivity index (χ3n) is 12.2. The number of aliphatic hydroxyl groups excluding tert-OH is 3. The van der Waals surface area contributed by atoms with E-state index in [4.69, 9.17) is 38.5 Å². The van der Waals surface area contributed by atoms with Gasteiger partial charge in [0, 0.05) is 50.6 Å². The first-order chi connectivity index (χ1) is 34.0. The standard InChI is InChI=1S/C28H27NO6S.C26H22FNO5S/c1-16-4-3-5-18-26-25(36-28(16)18)15-35-23-11-7-19(29-27(23)26)21(32)9-8-20(31)17-6-10-22(34-13-12-30)24(14-17)33-2;1-31-20-10-6-14(12-22(20)32-2)18(29)8-9-19(30)17-7-11-21-25(28-17)24-15-4-3-5-16(27)26(15)34-23(24)13-33-21/h3-7,10-11,14,21,30,32H,8-9,12-13,15H2,1-2H3;3-7,10-12,19,30H,8-9,13H2,1-2H3. The van der Waals surface area contributed by atoms with Crippen molar-refractivity contribution in [2.45, 2.75) is 58.0 Å². The maximum Gasteiger partial charge on any atom is 0.163 e. The predicted octanol–water partition coefficient (Wildman–Crippen LogP) is 10.9. The molecule has 4 aromatic carbocycles. The summed E-state index contributed by atoms with van der Waals surface area (Å²) in [5, 5.41) is 32.6. The Labute approximate surface area is 410 Å². The zero-order chi connectivity index (χ0) is 49.1. The van der Waals surface area contributed by atoms with Crippen LogP contribution in [-0.4, -0.2) is 71.4 Å². The molecule has 8 aromatic rings. The second-order valence-corrected chi connectivity index (χ2v) is 18.8. The third kappa shape index (κ3) is 9.65. The van der Waals surface area contributed by atoms with Crippen LogP contribution in [0.3, 0.4) is 0 Å². The van der Waals surface area contributed by atoms with Crippen molar-refractivity contribution in [2.24, 2.45) is 0 Å². The number of aliphatic hydroxyl groups is 3. The number of pyridine rings is 2. The molecular formula is C54H49FN2O11S2. The summed E-state index contributed by atoms with van der Waals surface area (Å²) in [5.74, 6) is 2.66. The van der Waals surface area contributed by atoms with E-state index in [0.29, 0.717) is 80.6 Å². The summed E-state index contributed by atoms with van der Waals surface area (Å²) >= 11 is 3.08. The normalized spacial score (nSPS) is 13.0. The molecule has 2 aliphatic rings. The first-order valence-corrected chi connectivity index (χ1v) is 24.2. The largest absolute Gasteiger partial charge is 0.493 e. The Morgan fingerprint density at radius 2 is 1.16 bits per heavy atom. The lowest BCUT2D eigenvalue weighted by atomic mass is 10.00. The van der Waals surface area contributed by atoms with Crippen LogP contribution >= 0.6 is 22.7 Å². The molecule has 0 fully saturated rings. The molecule has 0 saturated heterocycles. The number of methoxy groups -OCH3 is 3. The van der Waals surface area contributed by atoms with Crippen molar-refractivity contribution in [3.63, 3.8) is 0 Å². The van der Waals surface area contributed by atoms with Crippen LogP contribution in [0.4, 0.5) is 4.39 Å². The highest BCUT2D eigenvalue weighted by molar-refractivity contribution is 7.20. The number of ether oxygens (including phenoxy) is 6. The van der Waals surface area contributed by atoms with Crippen LogP contribution in [0.25, 0.3) is 42.7 Å². The van der Waals surface area contributed by atoms with E-state index in [1.807, 2.05) is 18.2 Å². The van der Waals surface area contributed by atoms with Crippen molar-refractivity contribution < 1.29 is 57.7 Å². The fourth-order valence-electron chi connectivity index (χ4n) is 8.58. The van der Waals surface area contributed by atoms with E-state index in [1.54, 1.807) is 72.0 Å². The maximum atomic E-state index is 14.3. The van der Waals surface area contributed by atoms with Crippen molar-refractivity contribution in [3.8, 4) is 57.0 Å². The van der Waals surface area contributed by atoms with Crippen LogP contribution in [0.2, 0.25) is 0 Å².